The average Bonchev–Trinajstić information content (AvgIpc) is 2.89. The standard InChI is InChI=1S/C16H16ClNOS/c17-16-9-14(18)6-4-13(16)10-20(19)15-7-5-11-2-1-3-12(11)8-15/h4-9H,1-3,10,18H2. The normalized spacial score (nSPS) is 15.1. The molecule has 1 aliphatic rings. The molecule has 0 spiro atoms. The molecule has 0 aromatic heterocycles. The van der Waals surface area contributed by atoms with Crippen LogP contribution in [-0.2, 0) is 29.4 Å². The van der Waals surface area contributed by atoms with Crippen molar-refractivity contribution in [3.05, 3.63) is 58.1 Å². The minimum Gasteiger partial charge on any atom is -0.399 e. The van der Waals surface area contributed by atoms with Gasteiger partial charge in [-0.05, 0) is 60.2 Å². The van der Waals surface area contributed by atoms with E-state index in [2.05, 4.69) is 12.1 Å². The first-order valence-electron chi connectivity index (χ1n) is 6.67. The minimum absolute atomic E-state index is 0.428. The fourth-order valence-electron chi connectivity index (χ4n) is 2.60. The fraction of sp³-hybridized carbons (Fsp3) is 0.250. The van der Waals surface area contributed by atoms with E-state index in [1.807, 2.05) is 12.1 Å². The van der Waals surface area contributed by atoms with Gasteiger partial charge in [-0.15, -0.1) is 0 Å². The van der Waals surface area contributed by atoms with Crippen molar-refractivity contribution in [2.75, 3.05) is 5.73 Å². The van der Waals surface area contributed by atoms with Crippen molar-refractivity contribution < 1.29 is 4.21 Å². The summed E-state index contributed by atoms with van der Waals surface area (Å²) >= 11 is 6.14. The first kappa shape index (κ1) is 13.7. The van der Waals surface area contributed by atoms with Crippen molar-refractivity contribution in [2.45, 2.75) is 29.9 Å². The molecule has 0 saturated heterocycles. The molecule has 0 amide bonds. The van der Waals surface area contributed by atoms with Crippen LogP contribution in [0.2, 0.25) is 5.02 Å². The Morgan fingerprint density at radius 2 is 1.90 bits per heavy atom. The highest BCUT2D eigenvalue weighted by molar-refractivity contribution is 7.84. The van der Waals surface area contributed by atoms with Gasteiger partial charge in [-0.2, -0.15) is 0 Å². The molecule has 4 heteroatoms. The molecule has 20 heavy (non-hydrogen) atoms. The SMILES string of the molecule is Nc1ccc(CS(=O)c2ccc3c(c2)CCC3)c(Cl)c1. The van der Waals surface area contributed by atoms with Gasteiger partial charge in [-0.25, -0.2) is 0 Å². The molecule has 0 bridgehead atoms. The average molecular weight is 306 g/mol. The zero-order valence-corrected chi connectivity index (χ0v) is 12.6. The van der Waals surface area contributed by atoms with Crippen LogP contribution < -0.4 is 5.73 Å². The molecule has 0 fully saturated rings. The summed E-state index contributed by atoms with van der Waals surface area (Å²) in [5, 5.41) is 0.583. The molecule has 1 aliphatic carbocycles. The third-order valence-corrected chi connectivity index (χ3v) is 5.40. The Labute approximate surface area is 126 Å². The predicted molar refractivity (Wildman–Crippen MR) is 84.4 cm³/mol. The summed E-state index contributed by atoms with van der Waals surface area (Å²) in [6.45, 7) is 0. The first-order chi connectivity index (χ1) is 9.63. The summed E-state index contributed by atoms with van der Waals surface area (Å²) in [5.41, 5.74) is 9.92. The highest BCUT2D eigenvalue weighted by Crippen LogP contribution is 2.26. The van der Waals surface area contributed by atoms with Crippen molar-refractivity contribution in [3.8, 4) is 0 Å². The predicted octanol–water partition coefficient (Wildman–Crippen LogP) is 3.72. The second kappa shape index (κ2) is 5.58. The third-order valence-electron chi connectivity index (χ3n) is 3.70. The summed E-state index contributed by atoms with van der Waals surface area (Å²) in [5.74, 6) is 0.428. The Morgan fingerprint density at radius 3 is 2.70 bits per heavy atom. The number of benzene rings is 2. The Hall–Kier alpha value is -1.32. The van der Waals surface area contributed by atoms with Crippen LogP contribution in [0.1, 0.15) is 23.1 Å². The number of aryl methyl sites for hydroxylation is 2. The maximum atomic E-state index is 12.5. The lowest BCUT2D eigenvalue weighted by atomic mass is 10.1. The van der Waals surface area contributed by atoms with Crippen LogP contribution in [0.25, 0.3) is 0 Å². The van der Waals surface area contributed by atoms with Crippen molar-refractivity contribution in [1.82, 2.24) is 0 Å². The van der Waals surface area contributed by atoms with Crippen LogP contribution >= 0.6 is 11.6 Å². The van der Waals surface area contributed by atoms with Gasteiger partial charge in [-0.3, -0.25) is 4.21 Å². The number of anilines is 1. The van der Waals surface area contributed by atoms with E-state index in [9.17, 15) is 4.21 Å². The van der Waals surface area contributed by atoms with Crippen LogP contribution in [0.4, 0.5) is 5.69 Å². The lowest BCUT2D eigenvalue weighted by molar-refractivity contribution is 0.682. The van der Waals surface area contributed by atoms with E-state index >= 15 is 0 Å². The first-order valence-corrected chi connectivity index (χ1v) is 8.37. The Bertz CT molecular complexity index is 684. The van der Waals surface area contributed by atoms with Crippen molar-refractivity contribution in [2.24, 2.45) is 0 Å². The zero-order chi connectivity index (χ0) is 14.1. The second-order valence-electron chi connectivity index (χ2n) is 5.12. The minimum atomic E-state index is -1.07. The molecular weight excluding hydrogens is 290 g/mol. The van der Waals surface area contributed by atoms with E-state index in [1.165, 1.54) is 17.5 Å². The van der Waals surface area contributed by atoms with Gasteiger partial charge in [0, 0.05) is 15.6 Å². The number of nitrogens with two attached hydrogens (primary N) is 1. The highest BCUT2D eigenvalue weighted by atomic mass is 35.5. The van der Waals surface area contributed by atoms with Gasteiger partial charge in [0.25, 0.3) is 0 Å². The summed E-state index contributed by atoms with van der Waals surface area (Å²) in [4.78, 5) is 0.888. The zero-order valence-electron chi connectivity index (χ0n) is 11.1. The quantitative estimate of drug-likeness (QED) is 0.878. The van der Waals surface area contributed by atoms with Crippen molar-refractivity contribution >= 4 is 28.1 Å². The molecular formula is C16H16ClNOS. The van der Waals surface area contributed by atoms with Gasteiger partial charge in [0.2, 0.25) is 0 Å². The van der Waals surface area contributed by atoms with E-state index in [4.69, 9.17) is 17.3 Å². The van der Waals surface area contributed by atoms with Gasteiger partial charge < -0.3 is 5.73 Å². The van der Waals surface area contributed by atoms with Crippen LogP contribution in [0.5, 0.6) is 0 Å². The topological polar surface area (TPSA) is 43.1 Å². The second-order valence-corrected chi connectivity index (χ2v) is 6.98. The number of fused-ring (bicyclic) bond motifs is 1. The van der Waals surface area contributed by atoms with Gasteiger partial charge in [0.15, 0.2) is 0 Å². The Balaban J connectivity index is 1.82. The van der Waals surface area contributed by atoms with E-state index in [1.54, 1.807) is 12.1 Å². The fourth-order valence-corrected chi connectivity index (χ4v) is 4.12. The van der Waals surface area contributed by atoms with Gasteiger partial charge in [0.05, 0.1) is 16.6 Å². The molecule has 2 aromatic carbocycles. The van der Waals surface area contributed by atoms with Crippen LogP contribution in [0, 0.1) is 0 Å². The summed E-state index contributed by atoms with van der Waals surface area (Å²) in [6, 6.07) is 11.5. The Morgan fingerprint density at radius 1 is 1.10 bits per heavy atom. The van der Waals surface area contributed by atoms with Crippen LogP contribution in [0.15, 0.2) is 41.3 Å². The van der Waals surface area contributed by atoms with E-state index in [-0.39, 0.29) is 0 Å². The van der Waals surface area contributed by atoms with Gasteiger partial charge in [-0.1, -0.05) is 23.7 Å². The largest absolute Gasteiger partial charge is 0.399 e. The Kier molecular flexibility index (Phi) is 3.81. The number of nitrogen functional groups attached to an aromatic ring is 1. The molecule has 2 aromatic rings. The summed E-state index contributed by atoms with van der Waals surface area (Å²) < 4.78 is 12.5. The number of rotatable bonds is 3. The maximum absolute atomic E-state index is 12.5. The highest BCUT2D eigenvalue weighted by Gasteiger charge is 2.14. The molecule has 2 N–H and O–H groups in total. The van der Waals surface area contributed by atoms with Crippen LogP contribution in [0.3, 0.4) is 0 Å². The molecule has 0 saturated carbocycles. The van der Waals surface area contributed by atoms with E-state index in [0.29, 0.717) is 16.5 Å². The molecule has 2 nitrogen and oxygen atoms in total. The molecule has 0 aliphatic heterocycles. The molecule has 0 heterocycles. The number of hydrogen-bond acceptors (Lipinski definition) is 2. The summed E-state index contributed by atoms with van der Waals surface area (Å²) in [6.07, 6.45) is 3.45. The summed E-state index contributed by atoms with van der Waals surface area (Å²) in [7, 11) is -1.07. The monoisotopic (exact) mass is 305 g/mol. The van der Waals surface area contributed by atoms with Crippen molar-refractivity contribution in [3.63, 3.8) is 0 Å². The maximum Gasteiger partial charge on any atom is 0.0574 e. The van der Waals surface area contributed by atoms with Gasteiger partial charge >= 0.3 is 0 Å². The van der Waals surface area contributed by atoms with Crippen LogP contribution in [-0.4, -0.2) is 4.21 Å². The lowest BCUT2D eigenvalue weighted by Gasteiger charge is -2.07. The molecule has 104 valence electrons. The van der Waals surface area contributed by atoms with E-state index < -0.39 is 10.8 Å². The molecule has 0 radical (unpaired) electrons. The molecule has 3 rings (SSSR count). The number of hydrogen-bond donors (Lipinski definition) is 1. The molecule has 1 unspecified atom stereocenters. The third kappa shape index (κ3) is 2.74. The number of halogens is 1. The van der Waals surface area contributed by atoms with Gasteiger partial charge in [0.1, 0.15) is 0 Å². The molecule has 1 atom stereocenters. The smallest absolute Gasteiger partial charge is 0.0574 e. The van der Waals surface area contributed by atoms with Crippen molar-refractivity contribution in [1.29, 1.82) is 0 Å². The van der Waals surface area contributed by atoms with E-state index in [0.717, 1.165) is 23.3 Å². The lowest BCUT2D eigenvalue weighted by Crippen LogP contribution is -1.99.